The third-order valence-corrected chi connectivity index (χ3v) is 4.20. The molecule has 1 aromatic heterocycles. The molecule has 0 aliphatic carbocycles. The van der Waals surface area contributed by atoms with Gasteiger partial charge in [-0.15, -0.1) is 24.0 Å². The summed E-state index contributed by atoms with van der Waals surface area (Å²) in [6.45, 7) is 3.24. The van der Waals surface area contributed by atoms with Gasteiger partial charge in [-0.2, -0.15) is 0 Å². The van der Waals surface area contributed by atoms with Crippen molar-refractivity contribution in [1.82, 2.24) is 15.1 Å². The molecule has 2 rings (SSSR count). The van der Waals surface area contributed by atoms with Gasteiger partial charge < -0.3 is 24.3 Å². The Balaban J connectivity index is 0.00000392. The number of aryl methyl sites for hydroxylation is 1. The number of guanidine groups is 1. The molecule has 7 nitrogen and oxygen atoms in total. The minimum absolute atomic E-state index is 0. The highest BCUT2D eigenvalue weighted by Crippen LogP contribution is 2.13. The Bertz CT molecular complexity index is 772. The zero-order valence-corrected chi connectivity index (χ0v) is 19.4. The van der Waals surface area contributed by atoms with E-state index in [2.05, 4.69) is 10.3 Å². The number of furan rings is 1. The maximum atomic E-state index is 11.9. The molecule has 1 N–H and O–H groups in total. The second-order valence-electron chi connectivity index (χ2n) is 6.49. The Morgan fingerprint density at radius 1 is 1.18 bits per heavy atom. The van der Waals surface area contributed by atoms with E-state index >= 15 is 0 Å². The summed E-state index contributed by atoms with van der Waals surface area (Å²) < 4.78 is 10.5. The van der Waals surface area contributed by atoms with Crippen molar-refractivity contribution in [3.8, 4) is 5.75 Å². The fourth-order valence-electron chi connectivity index (χ4n) is 2.43. The molecule has 1 aromatic carbocycles. The van der Waals surface area contributed by atoms with E-state index in [4.69, 9.17) is 9.15 Å². The van der Waals surface area contributed by atoms with Crippen LogP contribution in [0, 0.1) is 6.92 Å². The van der Waals surface area contributed by atoms with E-state index in [1.54, 1.807) is 32.4 Å². The van der Waals surface area contributed by atoms with Crippen LogP contribution in [0.3, 0.4) is 0 Å². The fourth-order valence-corrected chi connectivity index (χ4v) is 2.43. The van der Waals surface area contributed by atoms with Crippen molar-refractivity contribution in [2.75, 3.05) is 34.8 Å². The molecule has 28 heavy (non-hydrogen) atoms. The molecular formula is C20H29IN4O3. The van der Waals surface area contributed by atoms with E-state index < -0.39 is 0 Å². The standard InChI is InChI=1S/C20H28N4O3.HI/c1-15-17(10-11-27-15)14-24(4)20(22-13-19(25)23(2)3)21-12-16-6-8-18(26-5)9-7-16;/h6-11H,12-14H2,1-5H3,(H,21,22);1H. The van der Waals surface area contributed by atoms with Crippen molar-refractivity contribution in [2.24, 2.45) is 4.99 Å². The lowest BCUT2D eigenvalue weighted by molar-refractivity contribution is -0.127. The molecule has 0 unspecified atom stereocenters. The van der Waals surface area contributed by atoms with Gasteiger partial charge in [-0.05, 0) is 30.7 Å². The summed E-state index contributed by atoms with van der Waals surface area (Å²) in [5, 5.41) is 3.15. The van der Waals surface area contributed by atoms with Gasteiger partial charge in [-0.25, -0.2) is 4.99 Å². The van der Waals surface area contributed by atoms with Gasteiger partial charge in [0.15, 0.2) is 5.96 Å². The fraction of sp³-hybridized carbons (Fsp3) is 0.400. The Kier molecular flexibility index (Phi) is 9.84. The van der Waals surface area contributed by atoms with Crippen LogP contribution in [0.5, 0.6) is 5.75 Å². The molecule has 0 bridgehead atoms. The van der Waals surface area contributed by atoms with Crippen LogP contribution in [-0.2, 0) is 17.9 Å². The lowest BCUT2D eigenvalue weighted by Crippen LogP contribution is -2.43. The van der Waals surface area contributed by atoms with Crippen LogP contribution in [0.15, 0.2) is 46.0 Å². The Labute approximate surface area is 183 Å². The predicted octanol–water partition coefficient (Wildman–Crippen LogP) is 2.88. The van der Waals surface area contributed by atoms with Gasteiger partial charge in [-0.1, -0.05) is 12.1 Å². The van der Waals surface area contributed by atoms with Gasteiger partial charge in [0, 0.05) is 33.3 Å². The number of likely N-dealkylation sites (N-methyl/N-ethyl adjacent to an activating group) is 1. The third kappa shape index (κ3) is 7.06. The number of ether oxygens (including phenoxy) is 1. The van der Waals surface area contributed by atoms with E-state index in [0.717, 1.165) is 22.6 Å². The zero-order chi connectivity index (χ0) is 19.8. The highest BCUT2D eigenvalue weighted by atomic mass is 127. The first-order chi connectivity index (χ1) is 12.9. The summed E-state index contributed by atoms with van der Waals surface area (Å²) in [6.07, 6.45) is 1.68. The Morgan fingerprint density at radius 2 is 1.86 bits per heavy atom. The largest absolute Gasteiger partial charge is 0.497 e. The summed E-state index contributed by atoms with van der Waals surface area (Å²) in [6, 6.07) is 9.71. The number of benzene rings is 1. The van der Waals surface area contributed by atoms with E-state index in [-0.39, 0.29) is 36.4 Å². The molecular weight excluding hydrogens is 471 g/mol. The molecule has 0 saturated carbocycles. The number of hydrogen-bond acceptors (Lipinski definition) is 4. The minimum atomic E-state index is -0.0139. The lowest BCUT2D eigenvalue weighted by atomic mass is 10.2. The molecule has 0 saturated heterocycles. The van der Waals surface area contributed by atoms with Crippen LogP contribution in [0.25, 0.3) is 0 Å². The van der Waals surface area contributed by atoms with Gasteiger partial charge in [0.2, 0.25) is 5.91 Å². The second-order valence-corrected chi connectivity index (χ2v) is 6.49. The van der Waals surface area contributed by atoms with Gasteiger partial charge in [0.1, 0.15) is 11.5 Å². The smallest absolute Gasteiger partial charge is 0.241 e. The second kappa shape index (κ2) is 11.6. The number of hydrogen-bond donors (Lipinski definition) is 1. The number of amides is 1. The number of nitrogens with zero attached hydrogens (tertiary/aromatic N) is 3. The molecule has 0 spiro atoms. The predicted molar refractivity (Wildman–Crippen MR) is 121 cm³/mol. The molecule has 8 heteroatoms. The van der Waals surface area contributed by atoms with E-state index in [1.165, 1.54) is 0 Å². The molecule has 154 valence electrons. The van der Waals surface area contributed by atoms with Gasteiger partial charge in [0.05, 0.1) is 26.5 Å². The molecule has 1 amide bonds. The lowest BCUT2D eigenvalue weighted by Gasteiger charge is -2.23. The first-order valence-electron chi connectivity index (χ1n) is 8.76. The van der Waals surface area contributed by atoms with Crippen LogP contribution in [0.2, 0.25) is 0 Å². The van der Waals surface area contributed by atoms with Crippen LogP contribution in [0.1, 0.15) is 16.9 Å². The normalized spacial score (nSPS) is 10.8. The number of rotatable bonds is 7. The average Bonchev–Trinajstić information content (AvgIpc) is 3.06. The first-order valence-corrected chi connectivity index (χ1v) is 8.76. The highest BCUT2D eigenvalue weighted by molar-refractivity contribution is 14.0. The van der Waals surface area contributed by atoms with Crippen LogP contribution in [0.4, 0.5) is 0 Å². The summed E-state index contributed by atoms with van der Waals surface area (Å²) in [7, 11) is 7.05. The van der Waals surface area contributed by atoms with E-state index in [0.29, 0.717) is 19.0 Å². The molecule has 2 aromatic rings. The average molecular weight is 500 g/mol. The number of nitrogens with one attached hydrogen (secondary N) is 1. The Hall–Kier alpha value is -2.23. The molecule has 0 atom stereocenters. The molecule has 0 radical (unpaired) electrons. The molecule has 0 aliphatic rings. The van der Waals surface area contributed by atoms with Crippen LogP contribution in [-0.4, -0.2) is 56.5 Å². The molecule has 0 aliphatic heterocycles. The summed E-state index contributed by atoms with van der Waals surface area (Å²) in [4.78, 5) is 20.2. The summed E-state index contributed by atoms with van der Waals surface area (Å²) in [5.74, 6) is 2.33. The topological polar surface area (TPSA) is 70.3 Å². The maximum absolute atomic E-state index is 11.9. The number of carbonyl (C=O) groups is 1. The van der Waals surface area contributed by atoms with Crippen molar-refractivity contribution in [3.63, 3.8) is 0 Å². The van der Waals surface area contributed by atoms with Crippen molar-refractivity contribution >= 4 is 35.8 Å². The van der Waals surface area contributed by atoms with Gasteiger partial charge in [-0.3, -0.25) is 4.79 Å². The van der Waals surface area contributed by atoms with Gasteiger partial charge in [0.25, 0.3) is 0 Å². The summed E-state index contributed by atoms with van der Waals surface area (Å²) >= 11 is 0. The number of halogens is 1. The first kappa shape index (κ1) is 23.8. The quantitative estimate of drug-likeness (QED) is 0.360. The van der Waals surface area contributed by atoms with Crippen molar-refractivity contribution in [2.45, 2.75) is 20.0 Å². The number of methoxy groups -OCH3 is 1. The Morgan fingerprint density at radius 3 is 2.39 bits per heavy atom. The monoisotopic (exact) mass is 500 g/mol. The van der Waals surface area contributed by atoms with Gasteiger partial charge >= 0.3 is 0 Å². The number of aliphatic imine (C=N–C) groups is 1. The van der Waals surface area contributed by atoms with Crippen LogP contribution < -0.4 is 10.1 Å². The summed E-state index contributed by atoms with van der Waals surface area (Å²) in [5.41, 5.74) is 2.14. The highest BCUT2D eigenvalue weighted by Gasteiger charge is 2.12. The zero-order valence-electron chi connectivity index (χ0n) is 17.1. The van der Waals surface area contributed by atoms with Crippen molar-refractivity contribution < 1.29 is 13.9 Å². The van der Waals surface area contributed by atoms with Crippen molar-refractivity contribution in [1.29, 1.82) is 0 Å². The van der Waals surface area contributed by atoms with Crippen molar-refractivity contribution in [3.05, 3.63) is 53.5 Å². The molecule has 1 heterocycles. The van der Waals surface area contributed by atoms with E-state index in [9.17, 15) is 4.79 Å². The minimum Gasteiger partial charge on any atom is -0.497 e. The van der Waals surface area contributed by atoms with E-state index in [1.807, 2.05) is 49.2 Å². The maximum Gasteiger partial charge on any atom is 0.241 e. The van der Waals surface area contributed by atoms with Crippen LogP contribution >= 0.6 is 24.0 Å². The SMILES string of the molecule is COc1ccc(CN=C(NCC(=O)N(C)C)N(C)Cc2ccoc2C)cc1.I. The number of carbonyl (C=O) groups excluding carboxylic acids is 1. The molecule has 0 fully saturated rings. The third-order valence-electron chi connectivity index (χ3n) is 4.20.